The van der Waals surface area contributed by atoms with Gasteiger partial charge in [-0.25, -0.2) is 14.5 Å². The van der Waals surface area contributed by atoms with Crippen molar-refractivity contribution in [3.8, 4) is 0 Å². The Labute approximate surface area is 148 Å². The maximum Gasteiger partial charge on any atom is 0.417 e. The molecule has 0 aromatic carbocycles. The van der Waals surface area contributed by atoms with Crippen molar-refractivity contribution in [2.45, 2.75) is 78.7 Å². The van der Waals surface area contributed by atoms with E-state index >= 15 is 0 Å². The molecule has 1 aliphatic rings. The van der Waals surface area contributed by atoms with Crippen LogP contribution < -0.4 is 5.32 Å². The van der Waals surface area contributed by atoms with E-state index in [0.29, 0.717) is 0 Å². The van der Waals surface area contributed by atoms with Gasteiger partial charge in [-0.2, -0.15) is 0 Å². The lowest BCUT2D eigenvalue weighted by Gasteiger charge is -2.27. The van der Waals surface area contributed by atoms with Crippen LogP contribution in [0.4, 0.5) is 9.59 Å². The molecule has 1 rings (SSSR count). The average molecular weight is 356 g/mol. The molecule has 0 radical (unpaired) electrons. The molecule has 0 aliphatic carbocycles. The van der Waals surface area contributed by atoms with Crippen LogP contribution in [0.2, 0.25) is 0 Å². The Morgan fingerprint density at radius 1 is 1.00 bits per heavy atom. The third kappa shape index (κ3) is 5.44. The summed E-state index contributed by atoms with van der Waals surface area (Å²) >= 11 is 0. The van der Waals surface area contributed by atoms with Crippen LogP contribution in [0, 0.1) is 5.92 Å². The number of alkyl carbamates (subject to hydrolysis) is 1. The minimum Gasteiger partial charge on any atom is -0.444 e. The molecule has 0 bridgehead atoms. The molecule has 142 valence electrons. The lowest BCUT2D eigenvalue weighted by atomic mass is 9.99. The fourth-order valence-electron chi connectivity index (χ4n) is 2.40. The van der Waals surface area contributed by atoms with Crippen LogP contribution in [-0.2, 0) is 19.1 Å². The van der Waals surface area contributed by atoms with Crippen molar-refractivity contribution in [3.63, 3.8) is 0 Å². The minimum atomic E-state index is -1.46. The molecule has 1 heterocycles. The van der Waals surface area contributed by atoms with Gasteiger partial charge in [0.25, 0.3) is 5.91 Å². The summed E-state index contributed by atoms with van der Waals surface area (Å²) < 4.78 is 10.3. The number of hydrogen-bond acceptors (Lipinski definition) is 6. The lowest BCUT2D eigenvalue weighted by Crippen LogP contribution is -2.47. The molecule has 0 unspecified atom stereocenters. The van der Waals surface area contributed by atoms with Crippen LogP contribution in [0.25, 0.3) is 0 Å². The summed E-state index contributed by atoms with van der Waals surface area (Å²) in [6, 6.07) is -2.46. The number of nitrogens with zero attached hydrogens (tertiary/aromatic N) is 1. The van der Waals surface area contributed by atoms with Gasteiger partial charge in [0, 0.05) is 0 Å². The van der Waals surface area contributed by atoms with E-state index in [9.17, 15) is 19.2 Å². The van der Waals surface area contributed by atoms with E-state index in [1.54, 1.807) is 55.4 Å². The van der Waals surface area contributed by atoms with Gasteiger partial charge in [0.05, 0.1) is 0 Å². The maximum atomic E-state index is 12.6. The number of rotatable bonds is 2. The van der Waals surface area contributed by atoms with Gasteiger partial charge in [-0.15, -0.1) is 0 Å². The molecule has 8 heteroatoms. The summed E-state index contributed by atoms with van der Waals surface area (Å²) in [5.41, 5.74) is -1.60. The van der Waals surface area contributed by atoms with Crippen molar-refractivity contribution in [1.82, 2.24) is 10.2 Å². The molecule has 0 saturated carbocycles. The highest BCUT2D eigenvalue weighted by atomic mass is 16.6. The van der Waals surface area contributed by atoms with E-state index in [2.05, 4.69) is 5.32 Å². The maximum absolute atomic E-state index is 12.6. The van der Waals surface area contributed by atoms with E-state index < -0.39 is 47.2 Å². The Kier molecular flexibility index (Phi) is 5.87. The lowest BCUT2D eigenvalue weighted by molar-refractivity contribution is -0.130. The molecule has 1 saturated heterocycles. The molecule has 25 heavy (non-hydrogen) atoms. The summed E-state index contributed by atoms with van der Waals surface area (Å²) in [6.45, 7) is 13.4. The van der Waals surface area contributed by atoms with Crippen molar-refractivity contribution in [2.75, 3.05) is 0 Å². The van der Waals surface area contributed by atoms with Crippen LogP contribution in [0.1, 0.15) is 55.4 Å². The predicted molar refractivity (Wildman–Crippen MR) is 89.9 cm³/mol. The SMILES string of the molecule is CC(C)[C@@H]1C(=O)[C@@H](NC(=O)OC(C)(C)C)C(=O)N1C(=O)OC(C)(C)C. The average Bonchev–Trinajstić information content (AvgIpc) is 2.58. The number of likely N-dealkylation sites (tertiary alicyclic amines) is 1. The minimum absolute atomic E-state index is 0.325. The predicted octanol–water partition coefficient (Wildman–Crippen LogP) is 2.25. The first-order chi connectivity index (χ1) is 11.1. The summed E-state index contributed by atoms with van der Waals surface area (Å²) in [7, 11) is 0. The van der Waals surface area contributed by atoms with Gasteiger partial charge >= 0.3 is 12.2 Å². The van der Waals surface area contributed by atoms with E-state index in [1.165, 1.54) is 0 Å². The molecule has 1 N–H and O–H groups in total. The van der Waals surface area contributed by atoms with Gasteiger partial charge in [-0.05, 0) is 47.5 Å². The summed E-state index contributed by atoms with van der Waals surface area (Å²) in [5.74, 6) is -1.70. The first-order valence-corrected chi connectivity index (χ1v) is 8.23. The van der Waals surface area contributed by atoms with Crippen LogP contribution in [0.15, 0.2) is 0 Å². The van der Waals surface area contributed by atoms with Gasteiger partial charge in [0.15, 0.2) is 11.8 Å². The first kappa shape index (κ1) is 20.9. The third-order valence-corrected chi connectivity index (χ3v) is 3.22. The highest BCUT2D eigenvalue weighted by Gasteiger charge is 2.53. The first-order valence-electron chi connectivity index (χ1n) is 8.23. The second kappa shape index (κ2) is 7.01. The highest BCUT2D eigenvalue weighted by Crippen LogP contribution is 2.25. The number of carbonyl (C=O) groups is 4. The van der Waals surface area contributed by atoms with Crippen LogP contribution in [-0.4, -0.2) is 52.1 Å². The number of carbonyl (C=O) groups excluding carboxylic acids is 4. The number of Topliss-reactive ketones (excluding diaryl/α,β-unsaturated/α-hetero) is 1. The van der Waals surface area contributed by atoms with Crippen LogP contribution in [0.3, 0.4) is 0 Å². The fourth-order valence-corrected chi connectivity index (χ4v) is 2.40. The molecule has 0 aromatic rings. The molecule has 1 fully saturated rings. The van der Waals surface area contributed by atoms with Gasteiger partial charge in [-0.3, -0.25) is 9.59 Å². The van der Waals surface area contributed by atoms with Crippen LogP contribution >= 0.6 is 0 Å². The van der Waals surface area contributed by atoms with Crippen LogP contribution in [0.5, 0.6) is 0 Å². The smallest absolute Gasteiger partial charge is 0.417 e. The van der Waals surface area contributed by atoms with Gasteiger partial charge in [0.2, 0.25) is 0 Å². The number of ether oxygens (including phenoxy) is 2. The van der Waals surface area contributed by atoms with Crippen molar-refractivity contribution < 1.29 is 28.7 Å². The zero-order valence-electron chi connectivity index (χ0n) is 16.1. The molecule has 2 atom stereocenters. The normalized spacial score (nSPS) is 21.6. The topological polar surface area (TPSA) is 102 Å². The number of nitrogens with one attached hydrogen (secondary N) is 1. The summed E-state index contributed by atoms with van der Waals surface area (Å²) in [4.78, 5) is 50.3. The standard InChI is InChI=1S/C17H28N2O6/c1-9(2)11-12(20)10(18-14(22)24-16(3,4)5)13(21)19(11)15(23)25-17(6,7)8/h9-11H,1-8H3,(H,18,22)/t10-,11-/m1/s1. The van der Waals surface area contributed by atoms with Gasteiger partial charge in [0.1, 0.15) is 17.2 Å². The number of ketones is 1. The summed E-state index contributed by atoms with van der Waals surface area (Å²) in [6.07, 6.45) is -1.80. The Morgan fingerprint density at radius 2 is 1.48 bits per heavy atom. The quantitative estimate of drug-likeness (QED) is 0.761. The molecule has 1 aliphatic heterocycles. The largest absolute Gasteiger partial charge is 0.444 e. The second-order valence-corrected chi connectivity index (χ2v) is 8.36. The van der Waals surface area contributed by atoms with E-state index in [-0.39, 0.29) is 5.92 Å². The van der Waals surface area contributed by atoms with Gasteiger partial charge < -0.3 is 14.8 Å². The van der Waals surface area contributed by atoms with Crippen molar-refractivity contribution >= 4 is 23.9 Å². The molecular weight excluding hydrogens is 328 g/mol. The van der Waals surface area contributed by atoms with Gasteiger partial charge in [-0.1, -0.05) is 13.8 Å². The second-order valence-electron chi connectivity index (χ2n) is 8.36. The zero-order valence-corrected chi connectivity index (χ0v) is 16.1. The third-order valence-electron chi connectivity index (χ3n) is 3.22. The van der Waals surface area contributed by atoms with E-state index in [4.69, 9.17) is 9.47 Å². The zero-order chi connectivity index (χ0) is 19.7. The fraction of sp³-hybridized carbons (Fsp3) is 0.765. The Morgan fingerprint density at radius 3 is 1.88 bits per heavy atom. The molecular formula is C17H28N2O6. The molecule has 0 aromatic heterocycles. The van der Waals surface area contributed by atoms with Crippen molar-refractivity contribution in [1.29, 1.82) is 0 Å². The highest BCUT2D eigenvalue weighted by molar-refractivity contribution is 6.19. The van der Waals surface area contributed by atoms with Crippen molar-refractivity contribution in [2.24, 2.45) is 5.92 Å². The molecule has 3 amide bonds. The van der Waals surface area contributed by atoms with E-state index in [1.807, 2.05) is 0 Å². The summed E-state index contributed by atoms with van der Waals surface area (Å²) in [5, 5.41) is 2.26. The van der Waals surface area contributed by atoms with Crippen molar-refractivity contribution in [3.05, 3.63) is 0 Å². The Balaban J connectivity index is 3.04. The number of imide groups is 1. The number of hydrogen-bond donors (Lipinski definition) is 1. The Hall–Kier alpha value is -2.12. The molecule has 0 spiro atoms. The number of amides is 3. The Bertz CT molecular complexity index is 571. The van der Waals surface area contributed by atoms with E-state index in [0.717, 1.165) is 4.90 Å². The molecule has 8 nitrogen and oxygen atoms in total. The monoisotopic (exact) mass is 356 g/mol.